The predicted octanol–water partition coefficient (Wildman–Crippen LogP) is 4.13. The maximum absolute atomic E-state index is 13.7. The largest absolute Gasteiger partial charge is 0.448 e. The maximum atomic E-state index is 13.7. The van der Waals surface area contributed by atoms with E-state index in [4.69, 9.17) is 21.1 Å². The first-order chi connectivity index (χ1) is 19.2. The molecule has 11 heteroatoms. The maximum Gasteiger partial charge on any atom is 0.303 e. The number of halogens is 1. The zero-order valence-corrected chi connectivity index (χ0v) is 23.7. The summed E-state index contributed by atoms with van der Waals surface area (Å²) in [6, 6.07) is 18.8. The number of carbonyl (C=O) groups is 4. The first-order valence-electron chi connectivity index (χ1n) is 12.8. The van der Waals surface area contributed by atoms with E-state index in [9.17, 15) is 19.2 Å². The summed E-state index contributed by atoms with van der Waals surface area (Å²) in [7, 11) is 0. The number of rotatable bonds is 10. The summed E-state index contributed by atoms with van der Waals surface area (Å²) in [6.07, 6.45) is -2.02. The van der Waals surface area contributed by atoms with Crippen LogP contribution >= 0.6 is 22.9 Å². The monoisotopic (exact) mass is 583 g/mol. The number of anilines is 1. The number of benzene rings is 2. The van der Waals surface area contributed by atoms with E-state index in [0.29, 0.717) is 31.0 Å². The van der Waals surface area contributed by atoms with Gasteiger partial charge in [-0.25, -0.2) is 0 Å². The fourth-order valence-corrected chi connectivity index (χ4v) is 5.49. The van der Waals surface area contributed by atoms with Gasteiger partial charge in [-0.3, -0.25) is 29.2 Å². The molecule has 2 atom stereocenters. The van der Waals surface area contributed by atoms with Crippen LogP contribution in [0.3, 0.4) is 0 Å². The first kappa shape index (κ1) is 29.1. The number of nitrogens with one attached hydrogen (secondary N) is 1. The van der Waals surface area contributed by atoms with Crippen molar-refractivity contribution >= 4 is 52.4 Å². The molecule has 4 rings (SSSR count). The fraction of sp³-hybridized carbons (Fsp3) is 0.310. The van der Waals surface area contributed by atoms with E-state index < -0.39 is 36.0 Å². The molecule has 0 unspecified atom stereocenters. The Balaban J connectivity index is 1.49. The Morgan fingerprint density at radius 2 is 1.62 bits per heavy atom. The van der Waals surface area contributed by atoms with Crippen molar-refractivity contribution in [2.75, 3.05) is 18.1 Å². The molecule has 2 amide bonds. The van der Waals surface area contributed by atoms with Gasteiger partial charge in [-0.15, -0.1) is 11.3 Å². The summed E-state index contributed by atoms with van der Waals surface area (Å²) in [6.45, 7) is 3.30. The zero-order chi connectivity index (χ0) is 28.6. The second-order valence-electron chi connectivity index (χ2n) is 9.24. The normalized spacial score (nSPS) is 14.4. The molecule has 1 aliphatic heterocycles. The summed E-state index contributed by atoms with van der Waals surface area (Å²) < 4.78 is 10.6. The number of esters is 2. The minimum Gasteiger partial charge on any atom is -0.448 e. The lowest BCUT2D eigenvalue weighted by Gasteiger charge is -2.34. The van der Waals surface area contributed by atoms with Crippen LogP contribution in [0.5, 0.6) is 0 Å². The predicted molar refractivity (Wildman–Crippen MR) is 152 cm³/mol. The van der Waals surface area contributed by atoms with Crippen LogP contribution in [0.15, 0.2) is 66.0 Å². The lowest BCUT2D eigenvalue weighted by molar-refractivity contribution is -0.178. The Hall–Kier alpha value is -3.89. The number of hydrogen-bond donors (Lipinski definition) is 1. The number of thiophene rings is 1. The van der Waals surface area contributed by atoms with E-state index >= 15 is 0 Å². The Kier molecular flexibility index (Phi) is 9.79. The van der Waals surface area contributed by atoms with Crippen LogP contribution in [0.25, 0.3) is 0 Å². The molecular weight excluding hydrogens is 554 g/mol. The molecule has 0 bridgehead atoms. The van der Waals surface area contributed by atoms with Crippen LogP contribution < -0.4 is 10.3 Å². The topological polar surface area (TPSA) is 105 Å². The summed E-state index contributed by atoms with van der Waals surface area (Å²) in [5.41, 5.74) is 2.79. The van der Waals surface area contributed by atoms with Crippen LogP contribution in [0, 0.1) is 0 Å². The quantitative estimate of drug-likeness (QED) is 0.358. The molecule has 1 saturated heterocycles. The van der Waals surface area contributed by atoms with Gasteiger partial charge in [-0.2, -0.15) is 0 Å². The highest BCUT2D eigenvalue weighted by atomic mass is 35.5. The van der Waals surface area contributed by atoms with Gasteiger partial charge in [0.1, 0.15) is 0 Å². The second-order valence-corrected chi connectivity index (χ2v) is 10.6. The van der Waals surface area contributed by atoms with Crippen LogP contribution in [0.2, 0.25) is 5.02 Å². The highest BCUT2D eigenvalue weighted by Gasteiger charge is 2.44. The van der Waals surface area contributed by atoms with Crippen molar-refractivity contribution in [3.63, 3.8) is 0 Å². The molecule has 40 heavy (non-hydrogen) atoms. The van der Waals surface area contributed by atoms with Gasteiger partial charge < -0.3 is 14.8 Å². The zero-order valence-electron chi connectivity index (χ0n) is 22.2. The summed E-state index contributed by atoms with van der Waals surface area (Å²) in [4.78, 5) is 51.8. The summed E-state index contributed by atoms with van der Waals surface area (Å²) in [5, 5.41) is 8.56. The molecule has 1 aliphatic rings. The minimum atomic E-state index is -1.67. The van der Waals surface area contributed by atoms with E-state index in [1.54, 1.807) is 5.01 Å². The molecular formula is C29H30ClN3O6S. The van der Waals surface area contributed by atoms with Crippen molar-refractivity contribution in [3.8, 4) is 0 Å². The number of hydrazine groups is 1. The van der Waals surface area contributed by atoms with Gasteiger partial charge in [-0.1, -0.05) is 48.0 Å². The number of nitrogens with zero attached hydrogens (tertiary/aromatic N) is 2. The molecule has 2 heterocycles. The molecule has 1 N–H and O–H groups in total. The Labute approximate surface area is 241 Å². The third-order valence-electron chi connectivity index (χ3n) is 6.20. The smallest absolute Gasteiger partial charge is 0.303 e. The third-order valence-corrected chi connectivity index (χ3v) is 7.55. The van der Waals surface area contributed by atoms with Crippen molar-refractivity contribution < 1.29 is 28.7 Å². The highest BCUT2D eigenvalue weighted by Crippen LogP contribution is 2.25. The lowest BCUT2D eigenvalue weighted by Crippen LogP contribution is -2.56. The van der Waals surface area contributed by atoms with Gasteiger partial charge in [0.2, 0.25) is 12.2 Å². The molecule has 1 fully saturated rings. The van der Waals surface area contributed by atoms with Crippen LogP contribution in [0.4, 0.5) is 5.69 Å². The standard InChI is InChI=1S/C29H30ClN3O6S/c1-19(34)38-26(28(36)31-17-24-16-21(18-40-24)15-22-9-6-7-12-25(22)30)27(39-20(2)35)29(37)33-14-8-13-32(33)23-10-4-3-5-11-23/h3-7,9-12,16,18,26-27H,8,13-15,17H2,1-2H3,(H,31,36)/t26-,27-/m1/s1. The van der Waals surface area contributed by atoms with Crippen molar-refractivity contribution in [1.82, 2.24) is 10.3 Å². The molecule has 0 aliphatic carbocycles. The van der Waals surface area contributed by atoms with Crippen molar-refractivity contribution in [1.29, 1.82) is 0 Å². The van der Waals surface area contributed by atoms with Crippen molar-refractivity contribution in [3.05, 3.63) is 87.1 Å². The van der Waals surface area contributed by atoms with Gasteiger partial charge in [0.25, 0.3) is 11.8 Å². The Bertz CT molecular complexity index is 1360. The minimum absolute atomic E-state index is 0.130. The molecule has 0 saturated carbocycles. The van der Waals surface area contributed by atoms with Crippen LogP contribution in [0.1, 0.15) is 36.3 Å². The number of carbonyl (C=O) groups excluding carboxylic acids is 4. The van der Waals surface area contributed by atoms with E-state index in [2.05, 4.69) is 5.32 Å². The van der Waals surface area contributed by atoms with E-state index in [-0.39, 0.29) is 6.54 Å². The number of hydrogen-bond acceptors (Lipinski definition) is 8. The SMILES string of the molecule is CC(=O)O[C@@H](C(=O)NCc1cc(Cc2ccccc2Cl)cs1)[C@@H](OC(C)=O)C(=O)N1CCCN1c1ccccc1. The number of ether oxygens (including phenoxy) is 2. The van der Waals surface area contributed by atoms with Gasteiger partial charge in [-0.05, 0) is 53.6 Å². The molecule has 2 aromatic carbocycles. The average molecular weight is 584 g/mol. The van der Waals surface area contributed by atoms with Crippen LogP contribution in [-0.4, -0.2) is 54.1 Å². The highest BCUT2D eigenvalue weighted by molar-refractivity contribution is 7.10. The Morgan fingerprint density at radius 3 is 2.33 bits per heavy atom. The van der Waals surface area contributed by atoms with E-state index in [0.717, 1.165) is 35.5 Å². The first-order valence-corrected chi connectivity index (χ1v) is 14.0. The van der Waals surface area contributed by atoms with Crippen LogP contribution in [-0.2, 0) is 41.6 Å². The van der Waals surface area contributed by atoms with Crippen molar-refractivity contribution in [2.45, 2.75) is 45.4 Å². The van der Waals surface area contributed by atoms with Gasteiger partial charge in [0, 0.05) is 36.8 Å². The molecule has 3 aromatic rings. The fourth-order valence-electron chi connectivity index (χ4n) is 4.46. The molecule has 0 spiro atoms. The van der Waals surface area contributed by atoms with Crippen molar-refractivity contribution in [2.24, 2.45) is 0 Å². The Morgan fingerprint density at radius 1 is 0.950 bits per heavy atom. The van der Waals surface area contributed by atoms with E-state index in [1.165, 1.54) is 16.3 Å². The molecule has 1 aromatic heterocycles. The van der Waals surface area contributed by atoms with Gasteiger partial charge in [0.05, 0.1) is 12.2 Å². The van der Waals surface area contributed by atoms with E-state index in [1.807, 2.05) is 66.0 Å². The molecule has 9 nitrogen and oxygen atoms in total. The summed E-state index contributed by atoms with van der Waals surface area (Å²) >= 11 is 7.73. The number of para-hydroxylation sites is 1. The number of amides is 2. The average Bonchev–Trinajstić information content (AvgIpc) is 3.60. The van der Waals surface area contributed by atoms with Gasteiger partial charge >= 0.3 is 11.9 Å². The van der Waals surface area contributed by atoms with Gasteiger partial charge in [0.15, 0.2) is 0 Å². The second kappa shape index (κ2) is 13.5. The lowest BCUT2D eigenvalue weighted by atomic mass is 10.1. The summed E-state index contributed by atoms with van der Waals surface area (Å²) in [5.74, 6) is -2.97. The third kappa shape index (κ3) is 7.40. The molecule has 0 radical (unpaired) electrons. The molecule has 210 valence electrons.